The van der Waals surface area contributed by atoms with Gasteiger partial charge >= 0.3 is 5.69 Å². The van der Waals surface area contributed by atoms with Crippen LogP contribution in [0.2, 0.25) is 0 Å². The number of nitrogens with zero attached hydrogens (tertiary/aromatic N) is 4. The Morgan fingerprint density at radius 2 is 2.04 bits per heavy atom. The van der Waals surface area contributed by atoms with Gasteiger partial charge in [0, 0.05) is 37.2 Å². The summed E-state index contributed by atoms with van der Waals surface area (Å²) in [6, 6.07) is 1.79. The average molecular weight is 486 g/mol. The predicted octanol–water partition coefficient (Wildman–Crippen LogP) is 2.29. The zero-order valence-electron chi connectivity index (χ0n) is 12.5. The first-order chi connectivity index (χ1) is 11.0. The number of piperazine rings is 1. The molecule has 1 aliphatic rings. The predicted molar refractivity (Wildman–Crippen MR) is 101 cm³/mol. The van der Waals surface area contributed by atoms with Gasteiger partial charge in [0.15, 0.2) is 5.52 Å². The van der Waals surface area contributed by atoms with Gasteiger partial charge in [0.1, 0.15) is 4.47 Å². The number of nitrogens with one attached hydrogen (secondary N) is 1. The Morgan fingerprint density at radius 3 is 2.62 bits per heavy atom. The molecule has 11 heteroatoms. The zero-order valence-corrected chi connectivity index (χ0v) is 16.5. The van der Waals surface area contributed by atoms with Gasteiger partial charge in [-0.15, -0.1) is 12.4 Å². The Hall–Kier alpha value is -0.940. The molecule has 1 aromatic carbocycles. The van der Waals surface area contributed by atoms with E-state index in [1.54, 1.807) is 6.07 Å². The SMILES string of the molecule is Cl.O=[N+]([O-])c1c(Br)c(Br)cc2c1nc(N1CCNCC1)n2CCO. The van der Waals surface area contributed by atoms with E-state index >= 15 is 0 Å². The summed E-state index contributed by atoms with van der Waals surface area (Å²) < 4.78 is 2.79. The van der Waals surface area contributed by atoms with E-state index in [1.165, 1.54) is 0 Å². The molecule has 1 fully saturated rings. The number of aliphatic hydroxyl groups excluding tert-OH is 1. The number of fused-ring (bicyclic) bond motifs is 1. The van der Waals surface area contributed by atoms with Crippen molar-refractivity contribution in [3.8, 4) is 0 Å². The second-order valence-electron chi connectivity index (χ2n) is 5.17. The monoisotopic (exact) mass is 483 g/mol. The molecular formula is C13H16Br2ClN5O3. The fourth-order valence-electron chi connectivity index (χ4n) is 2.77. The van der Waals surface area contributed by atoms with Crippen LogP contribution in [0.25, 0.3) is 11.0 Å². The third kappa shape index (κ3) is 3.38. The van der Waals surface area contributed by atoms with Crippen LogP contribution in [0.5, 0.6) is 0 Å². The van der Waals surface area contributed by atoms with Crippen molar-refractivity contribution in [2.24, 2.45) is 0 Å². The number of aromatic nitrogens is 2. The summed E-state index contributed by atoms with van der Waals surface area (Å²) in [5.74, 6) is 0.656. The van der Waals surface area contributed by atoms with Crippen LogP contribution in [0.4, 0.5) is 11.6 Å². The lowest BCUT2D eigenvalue weighted by Gasteiger charge is -2.28. The van der Waals surface area contributed by atoms with Gasteiger partial charge in [0.2, 0.25) is 5.95 Å². The molecule has 1 aromatic heterocycles. The van der Waals surface area contributed by atoms with E-state index < -0.39 is 4.92 Å². The van der Waals surface area contributed by atoms with Gasteiger partial charge in [-0.2, -0.15) is 0 Å². The van der Waals surface area contributed by atoms with Gasteiger partial charge in [-0.3, -0.25) is 10.1 Å². The van der Waals surface area contributed by atoms with E-state index in [9.17, 15) is 15.2 Å². The van der Waals surface area contributed by atoms with Crippen molar-refractivity contribution in [3.05, 3.63) is 25.1 Å². The number of nitro benzene ring substituents is 1. The minimum atomic E-state index is -0.436. The van der Waals surface area contributed by atoms with Crippen molar-refractivity contribution in [2.45, 2.75) is 6.54 Å². The molecule has 0 spiro atoms. The number of anilines is 1. The Morgan fingerprint density at radius 1 is 1.38 bits per heavy atom. The maximum Gasteiger partial charge on any atom is 0.312 e. The third-order valence-corrected chi connectivity index (χ3v) is 5.76. The molecular weight excluding hydrogens is 469 g/mol. The minimum Gasteiger partial charge on any atom is -0.395 e. The second kappa shape index (κ2) is 7.96. The van der Waals surface area contributed by atoms with Crippen LogP contribution in [0.3, 0.4) is 0 Å². The van der Waals surface area contributed by atoms with Crippen LogP contribution >= 0.6 is 44.3 Å². The fourth-order valence-corrected chi connectivity index (χ4v) is 3.62. The fraction of sp³-hybridized carbons (Fsp3) is 0.462. The summed E-state index contributed by atoms with van der Waals surface area (Å²) >= 11 is 6.61. The molecule has 132 valence electrons. The van der Waals surface area contributed by atoms with Crippen molar-refractivity contribution in [1.82, 2.24) is 14.9 Å². The molecule has 2 N–H and O–H groups in total. The summed E-state index contributed by atoms with van der Waals surface area (Å²) in [7, 11) is 0. The Balaban J connectivity index is 0.00000208. The highest BCUT2D eigenvalue weighted by atomic mass is 79.9. The number of aliphatic hydroxyl groups is 1. The molecule has 24 heavy (non-hydrogen) atoms. The summed E-state index contributed by atoms with van der Waals surface area (Å²) in [4.78, 5) is 17.7. The first kappa shape index (κ1) is 19.4. The molecule has 1 saturated heterocycles. The van der Waals surface area contributed by atoms with Crippen LogP contribution in [-0.4, -0.2) is 52.4 Å². The average Bonchev–Trinajstić information content (AvgIpc) is 2.87. The van der Waals surface area contributed by atoms with Crippen molar-refractivity contribution in [3.63, 3.8) is 0 Å². The van der Waals surface area contributed by atoms with Gasteiger partial charge in [-0.25, -0.2) is 4.98 Å². The molecule has 2 heterocycles. The standard InChI is InChI=1S/C13H15Br2N5O3.ClH/c14-8-7-9-11(12(10(8)15)20(22)23)17-13(19(9)5-6-21)18-3-1-16-2-4-18;/h7,16,21H,1-6H2;1H. The molecule has 3 rings (SSSR count). The van der Waals surface area contributed by atoms with Gasteiger partial charge in [0.25, 0.3) is 0 Å². The lowest BCUT2D eigenvalue weighted by Crippen LogP contribution is -2.44. The lowest BCUT2D eigenvalue weighted by atomic mass is 10.2. The highest BCUT2D eigenvalue weighted by Gasteiger charge is 2.27. The molecule has 0 amide bonds. The zero-order chi connectivity index (χ0) is 16.6. The van der Waals surface area contributed by atoms with Crippen molar-refractivity contribution in [2.75, 3.05) is 37.7 Å². The Bertz CT molecular complexity index is 764. The summed E-state index contributed by atoms with van der Waals surface area (Å²) in [6.45, 7) is 3.47. The quantitative estimate of drug-likeness (QED) is 0.510. The number of hydrogen-bond donors (Lipinski definition) is 2. The molecule has 8 nitrogen and oxygen atoms in total. The van der Waals surface area contributed by atoms with Gasteiger partial charge in [-0.05, 0) is 37.9 Å². The maximum absolute atomic E-state index is 11.5. The minimum absolute atomic E-state index is 0. The Labute approximate surface area is 161 Å². The first-order valence-electron chi connectivity index (χ1n) is 7.13. The van der Waals surface area contributed by atoms with E-state index in [4.69, 9.17) is 0 Å². The van der Waals surface area contributed by atoms with Crippen molar-refractivity contribution >= 4 is 66.9 Å². The molecule has 0 aliphatic carbocycles. The second-order valence-corrected chi connectivity index (χ2v) is 6.82. The lowest BCUT2D eigenvalue weighted by molar-refractivity contribution is -0.384. The molecule has 0 saturated carbocycles. The highest BCUT2D eigenvalue weighted by molar-refractivity contribution is 9.13. The van der Waals surface area contributed by atoms with Crippen molar-refractivity contribution in [1.29, 1.82) is 0 Å². The number of nitro groups is 1. The van der Waals surface area contributed by atoms with Gasteiger partial charge in [-0.1, -0.05) is 0 Å². The summed E-state index contributed by atoms with van der Waals surface area (Å²) in [5.41, 5.74) is 0.892. The maximum atomic E-state index is 11.5. The molecule has 0 unspecified atom stereocenters. The van der Waals surface area contributed by atoms with E-state index in [1.807, 2.05) is 4.57 Å². The number of hydrogen-bond acceptors (Lipinski definition) is 6. The van der Waals surface area contributed by atoms with Crippen LogP contribution < -0.4 is 10.2 Å². The van der Waals surface area contributed by atoms with E-state index in [2.05, 4.69) is 47.1 Å². The normalized spacial score (nSPS) is 14.7. The molecule has 0 radical (unpaired) electrons. The van der Waals surface area contributed by atoms with Crippen LogP contribution in [-0.2, 0) is 6.54 Å². The van der Waals surface area contributed by atoms with Crippen LogP contribution in [0.15, 0.2) is 15.0 Å². The Kier molecular flexibility index (Phi) is 6.43. The first-order valence-corrected chi connectivity index (χ1v) is 8.72. The molecule has 2 aromatic rings. The summed E-state index contributed by atoms with van der Waals surface area (Å²) in [6.07, 6.45) is 0. The van der Waals surface area contributed by atoms with Gasteiger partial charge < -0.3 is 19.9 Å². The van der Waals surface area contributed by atoms with Gasteiger partial charge in [0.05, 0.1) is 17.0 Å². The number of imidazole rings is 1. The molecule has 0 bridgehead atoms. The molecule has 1 aliphatic heterocycles. The number of rotatable bonds is 4. The number of benzene rings is 1. The van der Waals surface area contributed by atoms with Crippen molar-refractivity contribution < 1.29 is 10.0 Å². The third-order valence-electron chi connectivity index (χ3n) is 3.80. The topological polar surface area (TPSA) is 96.5 Å². The molecule has 0 atom stereocenters. The van der Waals surface area contributed by atoms with Crippen LogP contribution in [0.1, 0.15) is 0 Å². The van der Waals surface area contributed by atoms with E-state index in [0.29, 0.717) is 32.5 Å². The van der Waals surface area contributed by atoms with Crippen LogP contribution in [0, 0.1) is 10.1 Å². The smallest absolute Gasteiger partial charge is 0.312 e. The highest BCUT2D eigenvalue weighted by Crippen LogP contribution is 2.40. The summed E-state index contributed by atoms with van der Waals surface area (Å²) in [5, 5.41) is 24.1. The largest absolute Gasteiger partial charge is 0.395 e. The number of halogens is 3. The van der Waals surface area contributed by atoms with E-state index in [0.717, 1.165) is 26.2 Å². The van der Waals surface area contributed by atoms with E-state index in [-0.39, 0.29) is 24.7 Å².